The van der Waals surface area contributed by atoms with Crippen LogP contribution in [-0.4, -0.2) is 22.3 Å². The van der Waals surface area contributed by atoms with Gasteiger partial charge in [-0.25, -0.2) is 9.24 Å². The van der Waals surface area contributed by atoms with Gasteiger partial charge in [0.1, 0.15) is 5.54 Å². The summed E-state index contributed by atoms with van der Waals surface area (Å²) in [6, 6.07) is 10.7. The van der Waals surface area contributed by atoms with Crippen LogP contribution in [0.5, 0.6) is 0 Å². The summed E-state index contributed by atoms with van der Waals surface area (Å²) in [4.78, 5) is 23.7. The molecule has 168 valence electrons. The van der Waals surface area contributed by atoms with Crippen LogP contribution in [0.3, 0.4) is 0 Å². The minimum atomic E-state index is -1.02. The number of hydrogen-bond acceptors (Lipinski definition) is 3. The van der Waals surface area contributed by atoms with E-state index in [0.717, 1.165) is 36.3 Å². The molecule has 5 nitrogen and oxygen atoms in total. The second kappa shape index (κ2) is 9.05. The Kier molecular flexibility index (Phi) is 6.33. The fraction of sp³-hybridized carbons (Fsp3) is 0.280. The molecule has 0 saturated carbocycles. The van der Waals surface area contributed by atoms with Crippen molar-refractivity contribution in [3.8, 4) is 0 Å². The fourth-order valence-corrected chi connectivity index (χ4v) is 4.82. The number of amides is 1. The van der Waals surface area contributed by atoms with E-state index in [0.29, 0.717) is 0 Å². The quantitative estimate of drug-likeness (QED) is 0.344. The van der Waals surface area contributed by atoms with E-state index < -0.39 is 11.4 Å². The largest absolute Gasteiger partial charge is 0.304 e. The molecule has 0 N–H and O–H groups in total. The van der Waals surface area contributed by atoms with Crippen molar-refractivity contribution in [3.05, 3.63) is 76.5 Å². The van der Waals surface area contributed by atoms with Gasteiger partial charge in [0.15, 0.2) is 10.9 Å². The van der Waals surface area contributed by atoms with Crippen molar-refractivity contribution in [3.63, 3.8) is 0 Å². The maximum Gasteiger partial charge on any atom is 0.259 e. The highest BCUT2D eigenvalue weighted by Crippen LogP contribution is 2.40. The van der Waals surface area contributed by atoms with Crippen molar-refractivity contribution in [1.29, 1.82) is 0 Å². The molecule has 1 fully saturated rings. The normalized spacial score (nSPS) is 17.0. The van der Waals surface area contributed by atoms with E-state index in [1.54, 1.807) is 18.7 Å². The molecule has 2 heterocycles. The number of rotatable bonds is 6. The summed E-state index contributed by atoms with van der Waals surface area (Å²) in [7, 11) is 0. The van der Waals surface area contributed by atoms with Gasteiger partial charge in [-0.3, -0.25) is 14.7 Å². The number of anilines is 2. The number of allylic oxidation sites excluding steroid dienone is 1. The maximum atomic E-state index is 15.0. The van der Waals surface area contributed by atoms with Crippen molar-refractivity contribution < 1.29 is 9.18 Å². The van der Waals surface area contributed by atoms with E-state index in [9.17, 15) is 9.18 Å². The number of halogens is 2. The molecule has 0 aromatic heterocycles. The van der Waals surface area contributed by atoms with Gasteiger partial charge in [0.25, 0.3) is 5.91 Å². The van der Waals surface area contributed by atoms with Crippen LogP contribution in [0.4, 0.5) is 21.5 Å². The predicted molar refractivity (Wildman–Crippen MR) is 135 cm³/mol. The zero-order valence-electron chi connectivity index (χ0n) is 18.3. The third kappa shape index (κ3) is 4.17. The second-order valence-corrected chi connectivity index (χ2v) is 9.21. The number of aliphatic imine (C=N–C) groups is 1. The van der Waals surface area contributed by atoms with Crippen LogP contribution in [0, 0.1) is 12.4 Å². The maximum absolute atomic E-state index is 15.0. The third-order valence-corrected chi connectivity index (χ3v) is 6.64. The average molecular weight is 481 g/mol. The Balaban J connectivity index is 1.56. The Bertz CT molecular complexity index is 1230. The highest BCUT2D eigenvalue weighted by Gasteiger charge is 2.51. The van der Waals surface area contributed by atoms with Gasteiger partial charge in [-0.05, 0) is 69.1 Å². The van der Waals surface area contributed by atoms with Crippen molar-refractivity contribution in [2.75, 3.05) is 9.80 Å². The Hall–Kier alpha value is -3.08. The highest BCUT2D eigenvalue weighted by atomic mass is 35.5. The van der Waals surface area contributed by atoms with Crippen molar-refractivity contribution in [2.45, 2.75) is 45.1 Å². The Labute approximate surface area is 203 Å². The molecular weight excluding hydrogens is 459 g/mol. The lowest BCUT2D eigenvalue weighted by Crippen LogP contribution is -2.44. The van der Waals surface area contributed by atoms with Crippen molar-refractivity contribution in [1.82, 2.24) is 0 Å². The highest BCUT2D eigenvalue weighted by molar-refractivity contribution is 7.81. The monoisotopic (exact) mass is 480 g/mol. The molecule has 2 aromatic carbocycles. The van der Waals surface area contributed by atoms with Crippen LogP contribution in [0.15, 0.2) is 53.7 Å². The van der Waals surface area contributed by atoms with Gasteiger partial charge in [0, 0.05) is 24.0 Å². The second-order valence-electron chi connectivity index (χ2n) is 8.47. The number of hydrogen-bond donors (Lipinski definition) is 0. The van der Waals surface area contributed by atoms with E-state index in [1.165, 1.54) is 23.4 Å². The summed E-state index contributed by atoms with van der Waals surface area (Å²) in [6.07, 6.45) is 7.78. The summed E-state index contributed by atoms with van der Waals surface area (Å²) in [5, 5.41) is -0.159. The molecule has 0 aliphatic carbocycles. The van der Waals surface area contributed by atoms with E-state index >= 15 is 0 Å². The lowest BCUT2D eigenvalue weighted by Gasteiger charge is -2.29. The predicted octanol–water partition coefficient (Wildman–Crippen LogP) is 6.63. The van der Waals surface area contributed by atoms with E-state index in [-0.39, 0.29) is 27.4 Å². The molecule has 1 amide bonds. The summed E-state index contributed by atoms with van der Waals surface area (Å²) < 4.78 is 15.0. The summed E-state index contributed by atoms with van der Waals surface area (Å²) in [5.74, 6) is -1.20. The number of nitrogens with zero attached hydrogens (tertiary/aromatic N) is 4. The third-order valence-electron chi connectivity index (χ3n) is 5.91. The summed E-state index contributed by atoms with van der Waals surface area (Å²) in [6.45, 7) is 10.6. The van der Waals surface area contributed by atoms with Crippen LogP contribution in [0.25, 0.3) is 4.85 Å². The Morgan fingerprint density at radius 1 is 1.21 bits per heavy atom. The van der Waals surface area contributed by atoms with Gasteiger partial charge in [-0.2, -0.15) is 0 Å². The molecule has 1 saturated heterocycles. The zero-order valence-corrected chi connectivity index (χ0v) is 19.9. The van der Waals surface area contributed by atoms with Crippen LogP contribution < -0.4 is 9.80 Å². The number of thiocarbonyl (C=S) groups is 1. The first-order valence-corrected chi connectivity index (χ1v) is 11.4. The molecule has 2 aliphatic rings. The van der Waals surface area contributed by atoms with Gasteiger partial charge in [0.2, 0.25) is 5.69 Å². The SMILES string of the molecule is [C-]#[N+]c1ccc(N2C(=O)C(C)(C)N(c3ccc(CCCC4=NC=CC4)cc3)C2=S)c(F)c1Cl. The van der Waals surface area contributed by atoms with E-state index in [1.807, 2.05) is 30.5 Å². The van der Waals surface area contributed by atoms with Crippen molar-refractivity contribution >= 4 is 57.6 Å². The molecule has 0 bridgehead atoms. The molecule has 2 aliphatic heterocycles. The zero-order chi connectivity index (χ0) is 23.8. The van der Waals surface area contributed by atoms with Crippen LogP contribution in [0.1, 0.15) is 38.7 Å². The van der Waals surface area contributed by atoms with Crippen LogP contribution >= 0.6 is 23.8 Å². The Morgan fingerprint density at radius 3 is 2.58 bits per heavy atom. The molecule has 0 spiro atoms. The summed E-state index contributed by atoms with van der Waals surface area (Å²) >= 11 is 11.6. The lowest BCUT2D eigenvalue weighted by molar-refractivity contribution is -0.120. The molecule has 0 atom stereocenters. The van der Waals surface area contributed by atoms with Crippen molar-refractivity contribution in [2.24, 2.45) is 4.99 Å². The topological polar surface area (TPSA) is 40.3 Å². The number of carbonyl (C=O) groups excluding carboxylic acids is 1. The molecule has 2 aromatic rings. The molecule has 0 radical (unpaired) electrons. The van der Waals surface area contributed by atoms with Gasteiger partial charge < -0.3 is 4.90 Å². The van der Waals surface area contributed by atoms with Gasteiger partial charge in [-0.15, -0.1) is 0 Å². The fourth-order valence-electron chi connectivity index (χ4n) is 4.10. The van der Waals surface area contributed by atoms with Crippen LogP contribution in [0.2, 0.25) is 5.02 Å². The molecule has 8 heteroatoms. The first kappa shape index (κ1) is 23.1. The molecule has 0 unspecified atom stereocenters. The molecule has 33 heavy (non-hydrogen) atoms. The van der Waals surface area contributed by atoms with E-state index in [4.69, 9.17) is 30.4 Å². The van der Waals surface area contributed by atoms with Gasteiger partial charge >= 0.3 is 0 Å². The number of carbonyl (C=O) groups is 1. The minimum absolute atomic E-state index is 0.0153. The first-order chi connectivity index (χ1) is 15.8. The smallest absolute Gasteiger partial charge is 0.259 e. The van der Waals surface area contributed by atoms with Crippen LogP contribution in [-0.2, 0) is 11.2 Å². The average Bonchev–Trinajstić information content (AvgIpc) is 3.36. The van der Waals surface area contributed by atoms with Gasteiger partial charge in [0.05, 0.1) is 17.3 Å². The first-order valence-electron chi connectivity index (χ1n) is 10.6. The van der Waals surface area contributed by atoms with Gasteiger partial charge in [-0.1, -0.05) is 35.9 Å². The summed E-state index contributed by atoms with van der Waals surface area (Å²) in [5.41, 5.74) is 2.05. The standard InChI is InChI=1S/C25H22ClFN4OS/c1-25(2)23(32)30(20-14-13-19(28-3)21(26)22(20)27)24(33)31(25)18-11-9-16(10-12-18)6-4-7-17-8-5-15-29-17/h5,9-15H,4,6-8H2,1-2H3. The number of aryl methyl sites for hydroxylation is 1. The minimum Gasteiger partial charge on any atom is -0.304 e. The Morgan fingerprint density at radius 2 is 1.94 bits per heavy atom. The molecule has 4 rings (SSSR count). The lowest BCUT2D eigenvalue weighted by atomic mass is 10.0. The van der Waals surface area contributed by atoms with E-state index in [2.05, 4.69) is 15.9 Å². The number of benzene rings is 2. The molecular formula is C25H22ClFN4OS.